The molecule has 0 aromatic heterocycles. The predicted octanol–water partition coefficient (Wildman–Crippen LogP) is 2.97. The highest BCUT2D eigenvalue weighted by Crippen LogP contribution is 2.24. The summed E-state index contributed by atoms with van der Waals surface area (Å²) in [5, 5.41) is 3.77. The highest BCUT2D eigenvalue weighted by molar-refractivity contribution is 4.79. The van der Waals surface area contributed by atoms with Gasteiger partial charge in [-0.1, -0.05) is 19.8 Å². The van der Waals surface area contributed by atoms with Gasteiger partial charge >= 0.3 is 0 Å². The maximum absolute atomic E-state index is 5.61. The van der Waals surface area contributed by atoms with E-state index in [4.69, 9.17) is 4.74 Å². The first-order valence-electron chi connectivity index (χ1n) is 7.10. The lowest BCUT2D eigenvalue weighted by Crippen LogP contribution is -2.35. The lowest BCUT2D eigenvalue weighted by atomic mass is 10.0. The summed E-state index contributed by atoms with van der Waals surface area (Å²) in [4.78, 5) is 0. The molecule has 0 spiro atoms. The average Bonchev–Trinajstić information content (AvgIpc) is 2.55. The van der Waals surface area contributed by atoms with Crippen LogP contribution in [0.1, 0.15) is 52.4 Å². The van der Waals surface area contributed by atoms with E-state index in [1.165, 1.54) is 45.1 Å². The van der Waals surface area contributed by atoms with Crippen molar-refractivity contribution in [3.05, 3.63) is 0 Å². The third kappa shape index (κ3) is 3.46. The van der Waals surface area contributed by atoms with Crippen LogP contribution in [0.25, 0.3) is 0 Å². The van der Waals surface area contributed by atoms with Crippen LogP contribution in [0.5, 0.6) is 0 Å². The molecule has 1 aliphatic carbocycles. The van der Waals surface area contributed by atoms with Crippen LogP contribution in [-0.4, -0.2) is 25.3 Å². The van der Waals surface area contributed by atoms with E-state index in [1.54, 1.807) is 0 Å². The monoisotopic (exact) mass is 225 g/mol. The van der Waals surface area contributed by atoms with Crippen LogP contribution >= 0.6 is 0 Å². The number of hydrogen-bond acceptors (Lipinski definition) is 2. The fraction of sp³-hybridized carbons (Fsp3) is 1.00. The first-order valence-corrected chi connectivity index (χ1v) is 7.10. The largest absolute Gasteiger partial charge is 0.378 e. The summed E-state index contributed by atoms with van der Waals surface area (Å²) in [6.07, 6.45) is 8.73. The normalized spacial score (nSPS) is 40.9. The Balaban J connectivity index is 1.68. The molecule has 0 bridgehead atoms. The van der Waals surface area contributed by atoms with E-state index in [9.17, 15) is 0 Å². The van der Waals surface area contributed by atoms with Gasteiger partial charge in [-0.2, -0.15) is 0 Å². The maximum atomic E-state index is 5.61. The molecule has 1 heterocycles. The SMILES string of the molecule is CC1CCCC(NCC2CCOC2C)CC1. The number of hydrogen-bond donors (Lipinski definition) is 1. The van der Waals surface area contributed by atoms with Crippen molar-refractivity contribution in [3.8, 4) is 0 Å². The summed E-state index contributed by atoms with van der Waals surface area (Å²) < 4.78 is 5.61. The third-order valence-corrected chi connectivity index (χ3v) is 4.46. The van der Waals surface area contributed by atoms with Crippen LogP contribution in [0.3, 0.4) is 0 Å². The zero-order valence-corrected chi connectivity index (χ0v) is 10.9. The Morgan fingerprint density at radius 3 is 2.69 bits per heavy atom. The van der Waals surface area contributed by atoms with Gasteiger partial charge in [-0.15, -0.1) is 0 Å². The number of nitrogens with one attached hydrogen (secondary N) is 1. The summed E-state index contributed by atoms with van der Waals surface area (Å²) in [6.45, 7) is 6.75. The van der Waals surface area contributed by atoms with Crippen LogP contribution in [-0.2, 0) is 4.74 Å². The Hall–Kier alpha value is -0.0800. The van der Waals surface area contributed by atoms with Crippen LogP contribution < -0.4 is 5.32 Å². The number of ether oxygens (including phenoxy) is 1. The van der Waals surface area contributed by atoms with Gasteiger partial charge in [-0.05, 0) is 44.4 Å². The molecule has 2 nitrogen and oxygen atoms in total. The quantitative estimate of drug-likeness (QED) is 0.746. The van der Waals surface area contributed by atoms with Crippen LogP contribution in [0.4, 0.5) is 0 Å². The molecule has 94 valence electrons. The maximum Gasteiger partial charge on any atom is 0.0588 e. The van der Waals surface area contributed by atoms with Gasteiger partial charge in [0.15, 0.2) is 0 Å². The molecule has 4 unspecified atom stereocenters. The van der Waals surface area contributed by atoms with Crippen molar-refractivity contribution in [2.24, 2.45) is 11.8 Å². The lowest BCUT2D eigenvalue weighted by molar-refractivity contribution is 0.104. The zero-order valence-electron chi connectivity index (χ0n) is 10.9. The molecule has 1 saturated carbocycles. The van der Waals surface area contributed by atoms with E-state index in [-0.39, 0.29) is 0 Å². The van der Waals surface area contributed by atoms with Gasteiger partial charge in [0.05, 0.1) is 6.10 Å². The van der Waals surface area contributed by atoms with Gasteiger partial charge in [-0.3, -0.25) is 0 Å². The molecule has 4 atom stereocenters. The van der Waals surface area contributed by atoms with Crippen molar-refractivity contribution in [1.82, 2.24) is 5.32 Å². The molecule has 0 aromatic rings. The third-order valence-electron chi connectivity index (χ3n) is 4.46. The Morgan fingerprint density at radius 1 is 1.06 bits per heavy atom. The van der Waals surface area contributed by atoms with E-state index >= 15 is 0 Å². The summed E-state index contributed by atoms with van der Waals surface area (Å²) in [5.41, 5.74) is 0. The minimum atomic E-state index is 0.470. The van der Waals surface area contributed by atoms with E-state index in [0.29, 0.717) is 6.10 Å². The Morgan fingerprint density at radius 2 is 1.94 bits per heavy atom. The zero-order chi connectivity index (χ0) is 11.4. The second kappa shape index (κ2) is 6.02. The molecule has 2 rings (SSSR count). The van der Waals surface area contributed by atoms with Crippen LogP contribution in [0, 0.1) is 11.8 Å². The van der Waals surface area contributed by atoms with Crippen molar-refractivity contribution in [3.63, 3.8) is 0 Å². The van der Waals surface area contributed by atoms with Crippen molar-refractivity contribution in [2.75, 3.05) is 13.2 Å². The molecule has 1 aliphatic heterocycles. The molecule has 0 amide bonds. The topological polar surface area (TPSA) is 21.3 Å². The first-order chi connectivity index (χ1) is 7.75. The van der Waals surface area contributed by atoms with Gasteiger partial charge < -0.3 is 10.1 Å². The molecule has 1 N–H and O–H groups in total. The van der Waals surface area contributed by atoms with E-state index < -0.39 is 0 Å². The fourth-order valence-electron chi connectivity index (χ4n) is 3.05. The molecular weight excluding hydrogens is 198 g/mol. The van der Waals surface area contributed by atoms with Crippen LogP contribution in [0.2, 0.25) is 0 Å². The highest BCUT2D eigenvalue weighted by atomic mass is 16.5. The Bertz CT molecular complexity index is 207. The van der Waals surface area contributed by atoms with Crippen molar-refractivity contribution < 1.29 is 4.74 Å². The van der Waals surface area contributed by atoms with Gasteiger partial charge in [-0.25, -0.2) is 0 Å². The molecule has 16 heavy (non-hydrogen) atoms. The van der Waals surface area contributed by atoms with E-state index in [2.05, 4.69) is 19.2 Å². The van der Waals surface area contributed by atoms with Gasteiger partial charge in [0.2, 0.25) is 0 Å². The number of rotatable bonds is 3. The fourth-order valence-corrected chi connectivity index (χ4v) is 3.05. The second-order valence-electron chi connectivity index (χ2n) is 5.84. The van der Waals surface area contributed by atoms with Crippen molar-refractivity contribution >= 4 is 0 Å². The van der Waals surface area contributed by atoms with Crippen molar-refractivity contribution in [1.29, 1.82) is 0 Å². The summed E-state index contributed by atoms with van der Waals surface area (Å²) >= 11 is 0. The minimum absolute atomic E-state index is 0.470. The standard InChI is InChI=1S/C14H27NO/c1-11-4-3-5-14(7-6-11)15-10-13-8-9-16-12(13)2/h11-15H,3-10H2,1-2H3. The molecular formula is C14H27NO. The Labute approximate surface area is 100 Å². The average molecular weight is 225 g/mol. The second-order valence-corrected chi connectivity index (χ2v) is 5.84. The van der Waals surface area contributed by atoms with Gasteiger partial charge in [0.25, 0.3) is 0 Å². The summed E-state index contributed by atoms with van der Waals surface area (Å²) in [7, 11) is 0. The smallest absolute Gasteiger partial charge is 0.0588 e. The molecule has 2 heteroatoms. The lowest BCUT2D eigenvalue weighted by Gasteiger charge is -2.21. The first kappa shape index (κ1) is 12.4. The molecule has 2 fully saturated rings. The minimum Gasteiger partial charge on any atom is -0.378 e. The van der Waals surface area contributed by atoms with Gasteiger partial charge in [0.1, 0.15) is 0 Å². The highest BCUT2D eigenvalue weighted by Gasteiger charge is 2.25. The molecule has 0 aromatic carbocycles. The molecule has 1 saturated heterocycles. The van der Waals surface area contributed by atoms with Crippen LogP contribution in [0.15, 0.2) is 0 Å². The van der Waals surface area contributed by atoms with E-state index in [1.807, 2.05) is 0 Å². The Kier molecular flexibility index (Phi) is 4.66. The molecule has 0 radical (unpaired) electrons. The van der Waals surface area contributed by atoms with Crippen molar-refractivity contribution in [2.45, 2.75) is 64.5 Å². The van der Waals surface area contributed by atoms with Gasteiger partial charge in [0, 0.05) is 19.2 Å². The summed E-state index contributed by atoms with van der Waals surface area (Å²) in [6, 6.07) is 0.776. The molecule has 2 aliphatic rings. The van der Waals surface area contributed by atoms with E-state index in [0.717, 1.165) is 24.5 Å². The predicted molar refractivity (Wildman–Crippen MR) is 67.6 cm³/mol. The summed E-state index contributed by atoms with van der Waals surface area (Å²) in [5.74, 6) is 1.70.